The standard InChI is InChI=1S/C25H32ClN2O2/c1-18(29)30-17-28(4)13-12-27(16-25(28,2)3)24-15-22(19-8-6-5-7-9-19)21-11-10-20(26)14-23(21)24/h5-11,14,22,24H,12-13,15-17H2,1-4H3/q+1/t22-,24+,28-/m0/s1/i4D3,5D,6D,7D,8D,9D. The summed E-state index contributed by atoms with van der Waals surface area (Å²) in [4.78, 5) is 13.8. The molecule has 160 valence electrons. The van der Waals surface area contributed by atoms with Gasteiger partial charge in [-0.1, -0.05) is 47.9 Å². The molecule has 1 saturated heterocycles. The SMILES string of the molecule is [2H]c1c([2H])c([2H])c([C@@H]2C[C@@H](N3CC[N@+](COC(C)=O)(C([2H])([2H])[2H])C(C)(C)C3)c3cc(Cl)ccc32)c([2H])c1[2H]. The number of ether oxygens (including phenoxy) is 1. The van der Waals surface area contributed by atoms with Crippen LogP contribution in [-0.4, -0.2) is 54.2 Å². The Morgan fingerprint density at radius 1 is 1.33 bits per heavy atom. The van der Waals surface area contributed by atoms with Crippen molar-refractivity contribution in [1.82, 2.24) is 4.90 Å². The second-order valence-electron chi connectivity index (χ2n) is 8.86. The van der Waals surface area contributed by atoms with Crippen LogP contribution in [0.15, 0.2) is 48.4 Å². The van der Waals surface area contributed by atoms with E-state index in [0.717, 1.165) is 11.1 Å². The highest BCUT2D eigenvalue weighted by Crippen LogP contribution is 2.48. The molecule has 2 aliphatic rings. The van der Waals surface area contributed by atoms with Crippen LogP contribution in [0.5, 0.6) is 0 Å². The predicted molar refractivity (Wildman–Crippen MR) is 120 cm³/mol. The number of likely N-dealkylation sites (N-methyl/N-ethyl adjacent to an activating group) is 1. The lowest BCUT2D eigenvalue weighted by Gasteiger charge is -2.53. The monoisotopic (exact) mass is 435 g/mol. The first-order valence-electron chi connectivity index (χ1n) is 14.1. The largest absolute Gasteiger partial charge is 0.415 e. The minimum atomic E-state index is -2.42. The molecule has 0 amide bonds. The van der Waals surface area contributed by atoms with Crippen LogP contribution in [0.3, 0.4) is 0 Å². The fraction of sp³-hybridized carbons (Fsp3) is 0.480. The molecule has 1 fully saturated rings. The van der Waals surface area contributed by atoms with E-state index >= 15 is 0 Å². The van der Waals surface area contributed by atoms with Crippen LogP contribution in [0.25, 0.3) is 0 Å². The summed E-state index contributed by atoms with van der Waals surface area (Å²) in [6, 6.07) is 3.61. The van der Waals surface area contributed by atoms with E-state index in [9.17, 15) is 4.79 Å². The summed E-state index contributed by atoms with van der Waals surface area (Å²) in [6.07, 6.45) is 0.456. The molecule has 2 aromatic carbocycles. The summed E-state index contributed by atoms with van der Waals surface area (Å²) in [5, 5.41) is 0.522. The molecule has 0 unspecified atom stereocenters. The zero-order valence-corrected chi connectivity index (χ0v) is 18.3. The fourth-order valence-electron chi connectivity index (χ4n) is 4.70. The Bertz CT molecular complexity index is 1260. The first kappa shape index (κ1) is 13.5. The maximum Gasteiger partial charge on any atom is 0.306 e. The van der Waals surface area contributed by atoms with Crippen molar-refractivity contribution in [2.75, 3.05) is 33.3 Å². The maximum atomic E-state index is 11.6. The van der Waals surface area contributed by atoms with E-state index in [1.165, 1.54) is 6.92 Å². The summed E-state index contributed by atoms with van der Waals surface area (Å²) in [5.74, 6) is -0.986. The van der Waals surface area contributed by atoms with Gasteiger partial charge in [0, 0.05) is 30.5 Å². The van der Waals surface area contributed by atoms with Gasteiger partial charge in [-0.15, -0.1) is 0 Å². The molecule has 0 saturated carbocycles. The zero-order chi connectivity index (χ0) is 28.4. The minimum Gasteiger partial charge on any atom is -0.415 e. The second-order valence-corrected chi connectivity index (χ2v) is 9.29. The van der Waals surface area contributed by atoms with E-state index < -0.39 is 30.4 Å². The van der Waals surface area contributed by atoms with Crippen molar-refractivity contribution in [1.29, 1.82) is 0 Å². The molecule has 30 heavy (non-hydrogen) atoms. The van der Waals surface area contributed by atoms with Gasteiger partial charge >= 0.3 is 5.97 Å². The Morgan fingerprint density at radius 2 is 2.10 bits per heavy atom. The summed E-state index contributed by atoms with van der Waals surface area (Å²) in [5.41, 5.74) is 1.17. The lowest BCUT2D eigenvalue weighted by molar-refractivity contribution is -0.974. The highest BCUT2D eigenvalue weighted by Gasteiger charge is 2.49. The number of quaternary nitrogens is 1. The summed E-state index contributed by atoms with van der Waals surface area (Å²) in [7, 11) is 0. The second kappa shape index (κ2) is 7.99. The molecule has 1 aliphatic heterocycles. The molecule has 2 aromatic rings. The minimum absolute atomic E-state index is 0.210. The van der Waals surface area contributed by atoms with Gasteiger partial charge in [-0.25, -0.2) is 0 Å². The Kier molecular flexibility index (Phi) is 3.60. The van der Waals surface area contributed by atoms with Gasteiger partial charge in [0.2, 0.25) is 6.73 Å². The van der Waals surface area contributed by atoms with E-state index in [4.69, 9.17) is 27.3 Å². The van der Waals surface area contributed by atoms with Crippen LogP contribution >= 0.6 is 11.6 Å². The average molecular weight is 436 g/mol. The molecular weight excluding hydrogens is 396 g/mol. The molecule has 1 heterocycles. The van der Waals surface area contributed by atoms with Crippen molar-refractivity contribution >= 4 is 17.6 Å². The predicted octanol–water partition coefficient (Wildman–Crippen LogP) is 4.98. The molecule has 5 heteroatoms. The number of piperazine rings is 1. The van der Waals surface area contributed by atoms with Gasteiger partial charge in [0.05, 0.1) is 31.0 Å². The Morgan fingerprint density at radius 3 is 2.77 bits per heavy atom. The van der Waals surface area contributed by atoms with Crippen molar-refractivity contribution in [3.8, 4) is 0 Å². The number of esters is 1. The van der Waals surface area contributed by atoms with Crippen molar-refractivity contribution in [2.45, 2.75) is 44.7 Å². The topological polar surface area (TPSA) is 29.5 Å². The third-order valence-corrected chi connectivity index (χ3v) is 6.79. The molecule has 0 radical (unpaired) electrons. The van der Waals surface area contributed by atoms with Crippen molar-refractivity contribution in [3.63, 3.8) is 0 Å². The number of hydrogen-bond donors (Lipinski definition) is 0. The molecule has 0 N–H and O–H groups in total. The molecule has 4 nitrogen and oxygen atoms in total. The third-order valence-electron chi connectivity index (χ3n) is 6.56. The van der Waals surface area contributed by atoms with Gasteiger partial charge in [-0.05, 0) is 49.1 Å². The third kappa shape index (κ3) is 3.89. The highest BCUT2D eigenvalue weighted by atomic mass is 35.5. The Hall–Kier alpha value is -1.88. The molecular formula is C25H32ClN2O2+. The lowest BCUT2D eigenvalue weighted by Crippen LogP contribution is -2.70. The maximum absolute atomic E-state index is 11.6. The Balaban J connectivity index is 1.75. The van der Waals surface area contributed by atoms with Gasteiger partial charge in [0.15, 0.2) is 0 Å². The van der Waals surface area contributed by atoms with Crippen LogP contribution in [0.4, 0.5) is 0 Å². The van der Waals surface area contributed by atoms with Crippen molar-refractivity contribution in [3.05, 3.63) is 70.1 Å². The number of halogens is 1. The molecule has 0 aromatic heterocycles. The zero-order valence-electron chi connectivity index (χ0n) is 25.5. The number of nitrogens with zero attached hydrogens (tertiary/aromatic N) is 2. The van der Waals surface area contributed by atoms with E-state index in [-0.39, 0.29) is 53.5 Å². The van der Waals surface area contributed by atoms with Gasteiger partial charge in [0.1, 0.15) is 5.54 Å². The van der Waals surface area contributed by atoms with Crippen molar-refractivity contribution < 1.29 is 25.0 Å². The number of carbonyl (C=O) groups is 1. The van der Waals surface area contributed by atoms with Gasteiger partial charge < -0.3 is 4.74 Å². The van der Waals surface area contributed by atoms with Crippen LogP contribution in [0, 0.1) is 0 Å². The number of fused-ring (bicyclic) bond motifs is 1. The Labute approximate surface area is 196 Å². The first-order chi connectivity index (χ1) is 17.5. The van der Waals surface area contributed by atoms with E-state index in [0.29, 0.717) is 24.5 Å². The van der Waals surface area contributed by atoms with E-state index in [2.05, 4.69) is 4.90 Å². The highest BCUT2D eigenvalue weighted by molar-refractivity contribution is 6.30. The van der Waals surface area contributed by atoms with Gasteiger partial charge in [-0.3, -0.25) is 14.2 Å². The van der Waals surface area contributed by atoms with E-state index in [1.54, 1.807) is 6.07 Å². The normalized spacial score (nSPS) is 32.4. The molecule has 1 aliphatic carbocycles. The lowest BCUT2D eigenvalue weighted by atomic mass is 9.92. The van der Waals surface area contributed by atoms with Gasteiger partial charge in [0.25, 0.3) is 0 Å². The molecule has 0 spiro atoms. The van der Waals surface area contributed by atoms with E-state index in [1.807, 2.05) is 26.0 Å². The summed E-state index contributed by atoms with van der Waals surface area (Å²) >= 11 is 6.38. The summed E-state index contributed by atoms with van der Waals surface area (Å²) in [6.45, 7) is 3.28. The van der Waals surface area contributed by atoms with Crippen LogP contribution in [-0.2, 0) is 9.53 Å². The molecule has 3 atom stereocenters. The number of hydrogen-bond acceptors (Lipinski definition) is 3. The van der Waals surface area contributed by atoms with Crippen molar-refractivity contribution in [2.24, 2.45) is 0 Å². The number of benzene rings is 2. The first-order valence-corrected chi connectivity index (χ1v) is 10.5. The average Bonchev–Trinajstić information content (AvgIpc) is 3.17. The van der Waals surface area contributed by atoms with Crippen LogP contribution < -0.4 is 0 Å². The quantitative estimate of drug-likeness (QED) is 0.501. The molecule has 0 bridgehead atoms. The number of carbonyl (C=O) groups excluding carboxylic acids is 1. The van der Waals surface area contributed by atoms with Crippen LogP contribution in [0.1, 0.15) is 66.8 Å². The summed E-state index contributed by atoms with van der Waals surface area (Å²) < 4.78 is 71.2. The van der Waals surface area contributed by atoms with Gasteiger partial charge in [-0.2, -0.15) is 0 Å². The molecule has 4 rings (SSSR count). The smallest absolute Gasteiger partial charge is 0.306 e. The number of rotatable bonds is 4. The fourth-order valence-corrected chi connectivity index (χ4v) is 4.88. The van der Waals surface area contributed by atoms with Crippen LogP contribution in [0.2, 0.25) is 5.02 Å².